The van der Waals surface area contributed by atoms with E-state index in [0.29, 0.717) is 6.54 Å². The van der Waals surface area contributed by atoms with Crippen LogP contribution < -0.4 is 5.32 Å². The normalized spacial score (nSPS) is 10.4. The largest absolute Gasteiger partial charge is 0.381 e. The summed E-state index contributed by atoms with van der Waals surface area (Å²) in [5.41, 5.74) is 2.67. The number of hydrogen-bond acceptors (Lipinski definition) is 4. The fraction of sp³-hybridized carbons (Fsp3) is 0.0714. The quantitative estimate of drug-likeness (QED) is 0.790. The molecule has 0 saturated carbocycles. The maximum atomic E-state index is 13.1. The second kappa shape index (κ2) is 5.48. The van der Waals surface area contributed by atoms with Gasteiger partial charge in [0.2, 0.25) is 0 Å². The lowest BCUT2D eigenvalue weighted by atomic mass is 10.2. The molecule has 0 atom stereocenters. The van der Waals surface area contributed by atoms with E-state index in [1.165, 1.54) is 18.5 Å². The fourth-order valence-corrected chi connectivity index (χ4v) is 1.89. The Morgan fingerprint density at radius 3 is 2.80 bits per heavy atom. The number of rotatable bonds is 4. The van der Waals surface area contributed by atoms with Crippen LogP contribution >= 0.6 is 0 Å². The molecule has 1 aromatic heterocycles. The molecule has 1 N–H and O–H groups in total. The van der Waals surface area contributed by atoms with Crippen molar-refractivity contribution in [3.63, 3.8) is 0 Å². The number of benzene rings is 2. The van der Waals surface area contributed by atoms with E-state index in [2.05, 4.69) is 20.8 Å². The summed E-state index contributed by atoms with van der Waals surface area (Å²) in [6.45, 7) is 0.552. The number of tetrazole rings is 1. The van der Waals surface area contributed by atoms with Crippen LogP contribution in [0.25, 0.3) is 5.69 Å². The van der Waals surface area contributed by atoms with Crippen molar-refractivity contribution in [2.24, 2.45) is 0 Å². The number of anilines is 1. The zero-order valence-electron chi connectivity index (χ0n) is 10.6. The highest BCUT2D eigenvalue weighted by Gasteiger charge is 2.00. The van der Waals surface area contributed by atoms with Crippen LogP contribution in [-0.2, 0) is 6.54 Å². The molecule has 2 aromatic carbocycles. The van der Waals surface area contributed by atoms with Gasteiger partial charge in [0.25, 0.3) is 0 Å². The SMILES string of the molecule is Fc1cccc(CNc2cccc(-n3cnnn3)c2)c1. The van der Waals surface area contributed by atoms with Gasteiger partial charge in [0.05, 0.1) is 5.69 Å². The van der Waals surface area contributed by atoms with E-state index in [1.807, 2.05) is 30.3 Å². The van der Waals surface area contributed by atoms with Gasteiger partial charge >= 0.3 is 0 Å². The van der Waals surface area contributed by atoms with Crippen molar-refractivity contribution in [3.05, 3.63) is 66.2 Å². The third-order valence-electron chi connectivity index (χ3n) is 2.85. The molecule has 0 amide bonds. The van der Waals surface area contributed by atoms with E-state index in [1.54, 1.807) is 10.7 Å². The first-order chi connectivity index (χ1) is 9.81. The molecule has 1 heterocycles. The molecule has 0 aliphatic heterocycles. The van der Waals surface area contributed by atoms with Gasteiger partial charge in [-0.15, -0.1) is 5.10 Å². The van der Waals surface area contributed by atoms with Crippen molar-refractivity contribution in [3.8, 4) is 5.69 Å². The predicted octanol–water partition coefficient (Wildman–Crippen LogP) is 2.41. The minimum absolute atomic E-state index is 0.230. The molecule has 6 heteroatoms. The van der Waals surface area contributed by atoms with Crippen LogP contribution in [0.15, 0.2) is 54.9 Å². The van der Waals surface area contributed by atoms with Crippen LogP contribution in [0.2, 0.25) is 0 Å². The summed E-state index contributed by atoms with van der Waals surface area (Å²) in [6, 6.07) is 14.2. The Bertz CT molecular complexity index is 696. The molecule has 5 nitrogen and oxygen atoms in total. The van der Waals surface area contributed by atoms with Gasteiger partial charge in [-0.05, 0) is 46.3 Å². The second-order valence-electron chi connectivity index (χ2n) is 4.29. The highest BCUT2D eigenvalue weighted by Crippen LogP contribution is 2.14. The number of aromatic nitrogens is 4. The molecular weight excluding hydrogens is 257 g/mol. The number of nitrogens with zero attached hydrogens (tertiary/aromatic N) is 4. The van der Waals surface area contributed by atoms with Gasteiger partial charge in [0.1, 0.15) is 12.1 Å². The van der Waals surface area contributed by atoms with Crippen molar-refractivity contribution in [2.75, 3.05) is 5.32 Å². The average molecular weight is 269 g/mol. The third-order valence-corrected chi connectivity index (χ3v) is 2.85. The summed E-state index contributed by atoms with van der Waals surface area (Å²) in [5.74, 6) is -0.230. The molecular formula is C14H12FN5. The van der Waals surface area contributed by atoms with E-state index in [4.69, 9.17) is 0 Å². The lowest BCUT2D eigenvalue weighted by molar-refractivity contribution is 0.626. The Morgan fingerprint density at radius 1 is 1.10 bits per heavy atom. The van der Waals surface area contributed by atoms with Gasteiger partial charge in [0, 0.05) is 12.2 Å². The van der Waals surface area contributed by atoms with Gasteiger partial charge in [-0.3, -0.25) is 0 Å². The minimum Gasteiger partial charge on any atom is -0.381 e. The minimum atomic E-state index is -0.230. The van der Waals surface area contributed by atoms with E-state index in [9.17, 15) is 4.39 Å². The van der Waals surface area contributed by atoms with Crippen LogP contribution in [0.1, 0.15) is 5.56 Å². The highest BCUT2D eigenvalue weighted by molar-refractivity contribution is 5.50. The second-order valence-corrected chi connectivity index (χ2v) is 4.29. The van der Waals surface area contributed by atoms with Crippen LogP contribution in [0, 0.1) is 5.82 Å². The number of halogens is 1. The molecule has 0 unspecified atom stereocenters. The fourth-order valence-electron chi connectivity index (χ4n) is 1.89. The maximum Gasteiger partial charge on any atom is 0.143 e. The molecule has 0 spiro atoms. The zero-order valence-corrected chi connectivity index (χ0v) is 10.6. The maximum absolute atomic E-state index is 13.1. The Kier molecular flexibility index (Phi) is 3.36. The summed E-state index contributed by atoms with van der Waals surface area (Å²) in [5, 5.41) is 14.3. The Balaban J connectivity index is 1.73. The molecule has 3 aromatic rings. The van der Waals surface area contributed by atoms with E-state index in [0.717, 1.165) is 16.9 Å². The lowest BCUT2D eigenvalue weighted by Crippen LogP contribution is -2.01. The first kappa shape index (κ1) is 12.3. The topological polar surface area (TPSA) is 55.6 Å². The van der Waals surface area contributed by atoms with Gasteiger partial charge in [-0.2, -0.15) is 0 Å². The smallest absolute Gasteiger partial charge is 0.143 e. The van der Waals surface area contributed by atoms with Crippen molar-refractivity contribution in [1.29, 1.82) is 0 Å². The monoisotopic (exact) mass is 269 g/mol. The average Bonchev–Trinajstić information content (AvgIpc) is 3.00. The van der Waals surface area contributed by atoms with Crippen molar-refractivity contribution in [1.82, 2.24) is 20.2 Å². The lowest BCUT2D eigenvalue weighted by Gasteiger charge is -2.08. The van der Waals surface area contributed by atoms with Gasteiger partial charge < -0.3 is 5.32 Å². The van der Waals surface area contributed by atoms with Crippen LogP contribution in [0.3, 0.4) is 0 Å². The standard InChI is InChI=1S/C14H12FN5/c15-12-4-1-3-11(7-12)9-16-13-5-2-6-14(8-13)20-10-17-18-19-20/h1-8,10,16H,9H2. The van der Waals surface area contributed by atoms with Gasteiger partial charge in [-0.1, -0.05) is 18.2 Å². The van der Waals surface area contributed by atoms with Crippen LogP contribution in [0.5, 0.6) is 0 Å². The first-order valence-electron chi connectivity index (χ1n) is 6.13. The van der Waals surface area contributed by atoms with E-state index >= 15 is 0 Å². The zero-order chi connectivity index (χ0) is 13.8. The molecule has 0 saturated heterocycles. The Morgan fingerprint density at radius 2 is 2.00 bits per heavy atom. The molecule has 0 aliphatic rings. The summed E-state index contributed by atoms with van der Waals surface area (Å²) in [7, 11) is 0. The van der Waals surface area contributed by atoms with E-state index < -0.39 is 0 Å². The summed E-state index contributed by atoms with van der Waals surface area (Å²) in [4.78, 5) is 0. The summed E-state index contributed by atoms with van der Waals surface area (Å²) < 4.78 is 14.7. The van der Waals surface area contributed by atoms with Crippen LogP contribution in [-0.4, -0.2) is 20.2 Å². The molecule has 0 fully saturated rings. The Hall–Kier alpha value is -2.76. The third kappa shape index (κ3) is 2.80. The van der Waals surface area contributed by atoms with E-state index in [-0.39, 0.29) is 5.82 Å². The number of hydrogen-bond donors (Lipinski definition) is 1. The molecule has 20 heavy (non-hydrogen) atoms. The summed E-state index contributed by atoms with van der Waals surface area (Å²) >= 11 is 0. The molecule has 0 aliphatic carbocycles. The van der Waals surface area contributed by atoms with Crippen molar-refractivity contribution < 1.29 is 4.39 Å². The molecule has 0 radical (unpaired) electrons. The Labute approximate surface area is 115 Å². The predicted molar refractivity (Wildman–Crippen MR) is 72.9 cm³/mol. The first-order valence-corrected chi connectivity index (χ1v) is 6.13. The summed E-state index contributed by atoms with van der Waals surface area (Å²) in [6.07, 6.45) is 1.53. The van der Waals surface area contributed by atoms with Gasteiger partial charge in [0.15, 0.2) is 0 Å². The molecule has 0 bridgehead atoms. The highest BCUT2D eigenvalue weighted by atomic mass is 19.1. The van der Waals surface area contributed by atoms with Crippen molar-refractivity contribution >= 4 is 5.69 Å². The van der Waals surface area contributed by atoms with Crippen LogP contribution in [0.4, 0.5) is 10.1 Å². The molecule has 100 valence electrons. The molecule has 3 rings (SSSR count). The van der Waals surface area contributed by atoms with Gasteiger partial charge in [-0.25, -0.2) is 9.07 Å². The van der Waals surface area contributed by atoms with Crippen molar-refractivity contribution in [2.45, 2.75) is 6.54 Å². The number of nitrogens with one attached hydrogen (secondary N) is 1.